The number of carbonyl (C=O) groups excluding carboxylic acids is 2. The van der Waals surface area contributed by atoms with Crippen molar-refractivity contribution in [2.24, 2.45) is 0 Å². The van der Waals surface area contributed by atoms with Crippen molar-refractivity contribution < 1.29 is 22.6 Å². The van der Waals surface area contributed by atoms with Crippen molar-refractivity contribution in [3.8, 4) is 0 Å². The predicted molar refractivity (Wildman–Crippen MR) is 218 cm³/mol. The van der Waals surface area contributed by atoms with Crippen LogP contribution in [0.5, 0.6) is 0 Å². The maximum atomic E-state index is 12.0. The zero-order chi connectivity index (χ0) is 35.6. The van der Waals surface area contributed by atoms with Crippen molar-refractivity contribution in [3.63, 3.8) is 0 Å². The van der Waals surface area contributed by atoms with Crippen LogP contribution >= 0.6 is 0 Å². The van der Waals surface area contributed by atoms with E-state index in [1.807, 2.05) is 0 Å². The van der Waals surface area contributed by atoms with Gasteiger partial charge in [0.15, 0.2) is 0 Å². The molecule has 0 aliphatic rings. The molecule has 0 aromatic rings. The highest BCUT2D eigenvalue weighted by Gasteiger charge is 2.13. The number of hydrogen-bond donors (Lipinski definition) is 0. The maximum Gasteiger partial charge on any atom is 0.885 e. The smallest absolute Gasteiger partial charge is 0.589 e. The summed E-state index contributed by atoms with van der Waals surface area (Å²) in [5.41, 5.74) is 0. The Labute approximate surface area is 320 Å². The first-order valence-electron chi connectivity index (χ1n) is 22.4. The van der Waals surface area contributed by atoms with Crippen LogP contribution in [0.2, 0.25) is 0 Å². The van der Waals surface area contributed by atoms with Crippen molar-refractivity contribution in [3.05, 3.63) is 0 Å². The number of rotatable bonds is 42. The molecule has 0 aromatic heterocycles. The first-order chi connectivity index (χ1) is 24.2. The summed E-state index contributed by atoms with van der Waals surface area (Å²) in [5, 5.41) is 0. The van der Waals surface area contributed by atoms with Crippen molar-refractivity contribution >= 4 is 27.8 Å². The molecule has 0 amide bonds. The van der Waals surface area contributed by atoms with Gasteiger partial charge >= 0.3 is 15.9 Å². The topological polar surface area (TPSA) is 84.1 Å². The van der Waals surface area contributed by atoms with E-state index in [9.17, 15) is 9.59 Å². The van der Waals surface area contributed by atoms with Crippen LogP contribution in [-0.4, -0.2) is 33.3 Å². The van der Waals surface area contributed by atoms with Gasteiger partial charge in [-0.3, -0.25) is 9.59 Å². The van der Waals surface area contributed by atoms with Crippen LogP contribution in [0.1, 0.15) is 271 Å². The lowest BCUT2D eigenvalue weighted by Crippen LogP contribution is -2.15. The van der Waals surface area contributed by atoms with E-state index in [1.54, 1.807) is 0 Å². The summed E-state index contributed by atoms with van der Waals surface area (Å²) in [6, 6.07) is 0. The van der Waals surface area contributed by atoms with Crippen LogP contribution in [0.4, 0.5) is 0 Å². The predicted octanol–water partition coefficient (Wildman–Crippen LogP) is 14.4. The molecule has 0 fully saturated rings. The van der Waals surface area contributed by atoms with Crippen LogP contribution < -0.4 is 0 Å². The summed E-state index contributed by atoms with van der Waals surface area (Å²) >= 11 is -1.00. The van der Waals surface area contributed by atoms with Crippen LogP contribution in [0.3, 0.4) is 0 Å². The SMILES string of the molecule is CCCCCCCCCCCCCCCCCCCCCC(=O)[O][Al][O]C(=O)CCCCCCCCCCCCCCCCCCCCC.O. The Morgan fingerprint density at radius 2 is 0.460 bits per heavy atom. The highest BCUT2D eigenvalue weighted by Crippen LogP contribution is 2.17. The van der Waals surface area contributed by atoms with Crippen LogP contribution in [0.15, 0.2) is 0 Å². The minimum absolute atomic E-state index is 0. The minimum Gasteiger partial charge on any atom is -0.589 e. The number of unbranched alkanes of at least 4 members (excludes halogenated alkanes) is 36. The Morgan fingerprint density at radius 1 is 0.300 bits per heavy atom. The molecule has 0 atom stereocenters. The van der Waals surface area contributed by atoms with Gasteiger partial charge in [-0.05, 0) is 12.8 Å². The Kier molecular flexibility index (Phi) is 47.9. The van der Waals surface area contributed by atoms with Crippen molar-refractivity contribution in [2.75, 3.05) is 0 Å². The molecule has 6 heteroatoms. The standard InChI is InChI=1S/2C22H44O2.Al.H2O/c2*1-2-3-4-5-6-7-8-9-10-11-12-13-14-15-16-17-18-19-20-21-22(23)24;;/h2*2-21H2,1H3,(H,23,24);;1H2/q;;+2;/p-2. The normalized spacial score (nSPS) is 11.0. The molecule has 5 nitrogen and oxygen atoms in total. The van der Waals surface area contributed by atoms with Gasteiger partial charge in [0.25, 0.3) is 11.9 Å². The second kappa shape index (κ2) is 46.5. The lowest BCUT2D eigenvalue weighted by molar-refractivity contribution is -0.139. The Balaban J connectivity index is 0. The first-order valence-corrected chi connectivity index (χ1v) is 23.4. The zero-order valence-electron chi connectivity index (χ0n) is 34.0. The van der Waals surface area contributed by atoms with Gasteiger partial charge in [-0.25, -0.2) is 0 Å². The summed E-state index contributed by atoms with van der Waals surface area (Å²) in [7, 11) is 0. The Bertz CT molecular complexity index is 604. The molecule has 50 heavy (non-hydrogen) atoms. The molecule has 297 valence electrons. The summed E-state index contributed by atoms with van der Waals surface area (Å²) in [6.07, 6.45) is 52.0. The highest BCUT2D eigenvalue weighted by molar-refractivity contribution is 6.25. The minimum atomic E-state index is -1.00. The Morgan fingerprint density at radius 3 is 0.640 bits per heavy atom. The fraction of sp³-hybridized carbons (Fsp3) is 0.955. The summed E-state index contributed by atoms with van der Waals surface area (Å²) < 4.78 is 10.4. The number of carbonyl (C=O) groups is 2. The van der Waals surface area contributed by atoms with E-state index in [0.717, 1.165) is 25.7 Å². The van der Waals surface area contributed by atoms with E-state index >= 15 is 0 Å². The van der Waals surface area contributed by atoms with Gasteiger partial charge in [0.2, 0.25) is 0 Å². The van der Waals surface area contributed by atoms with Gasteiger partial charge < -0.3 is 13.1 Å². The van der Waals surface area contributed by atoms with Gasteiger partial charge in [0.05, 0.1) is 0 Å². The van der Waals surface area contributed by atoms with Crippen LogP contribution in [0.25, 0.3) is 0 Å². The molecule has 2 N–H and O–H groups in total. The second-order valence-corrected chi connectivity index (χ2v) is 16.0. The maximum absolute atomic E-state index is 12.0. The lowest BCUT2D eigenvalue weighted by Gasteiger charge is -2.07. The van der Waals surface area contributed by atoms with Gasteiger partial charge in [0.1, 0.15) is 0 Å². The van der Waals surface area contributed by atoms with E-state index in [0.29, 0.717) is 12.8 Å². The van der Waals surface area contributed by atoms with Crippen molar-refractivity contribution in [2.45, 2.75) is 271 Å². The van der Waals surface area contributed by atoms with Crippen LogP contribution in [-0.2, 0) is 17.2 Å². The summed E-state index contributed by atoms with van der Waals surface area (Å²) in [6.45, 7) is 4.58. The van der Waals surface area contributed by atoms with Crippen LogP contribution in [0, 0.1) is 0 Å². The average molecular weight is 724 g/mol. The molecule has 1 radical (unpaired) electrons. The summed E-state index contributed by atoms with van der Waals surface area (Å²) in [5.74, 6) is -0.420. The fourth-order valence-corrected chi connectivity index (χ4v) is 7.44. The summed E-state index contributed by atoms with van der Waals surface area (Å²) in [4.78, 5) is 23.9. The lowest BCUT2D eigenvalue weighted by atomic mass is 10.0. The zero-order valence-corrected chi connectivity index (χ0v) is 35.1. The molecule has 0 aliphatic carbocycles. The van der Waals surface area contributed by atoms with Crippen molar-refractivity contribution in [1.29, 1.82) is 0 Å². The third-order valence-corrected chi connectivity index (χ3v) is 11.0. The highest BCUT2D eigenvalue weighted by atomic mass is 27.2. The monoisotopic (exact) mass is 724 g/mol. The second-order valence-electron chi connectivity index (χ2n) is 15.3. The molecule has 0 aromatic carbocycles. The number of hydrogen-bond acceptors (Lipinski definition) is 4. The third kappa shape index (κ3) is 45.5. The first kappa shape index (κ1) is 51.5. The van der Waals surface area contributed by atoms with Gasteiger partial charge in [-0.2, -0.15) is 0 Å². The molecule has 0 heterocycles. The van der Waals surface area contributed by atoms with E-state index in [1.165, 1.54) is 218 Å². The molecule has 0 bridgehead atoms. The van der Waals surface area contributed by atoms with E-state index in [4.69, 9.17) is 7.58 Å². The molecular weight excluding hydrogens is 635 g/mol. The van der Waals surface area contributed by atoms with Gasteiger partial charge in [-0.15, -0.1) is 0 Å². The largest absolute Gasteiger partial charge is 0.885 e. The molecule has 0 aliphatic heterocycles. The van der Waals surface area contributed by atoms with E-state index in [2.05, 4.69) is 13.8 Å². The molecule has 0 spiro atoms. The fourth-order valence-electron chi connectivity index (χ4n) is 6.94. The third-order valence-electron chi connectivity index (χ3n) is 10.3. The van der Waals surface area contributed by atoms with Gasteiger partial charge in [0, 0.05) is 12.8 Å². The molecular formula is C44H88AlO5. The quantitative estimate of drug-likeness (QED) is 0.0463. The van der Waals surface area contributed by atoms with E-state index < -0.39 is 15.9 Å². The van der Waals surface area contributed by atoms with Crippen molar-refractivity contribution in [1.82, 2.24) is 0 Å². The molecule has 0 unspecified atom stereocenters. The van der Waals surface area contributed by atoms with Gasteiger partial charge in [-0.1, -0.05) is 245 Å². The Hall–Kier alpha value is -0.568. The molecule has 0 rings (SSSR count). The van der Waals surface area contributed by atoms with E-state index in [-0.39, 0.29) is 17.4 Å². The average Bonchev–Trinajstić information content (AvgIpc) is 3.10. The molecule has 0 saturated heterocycles. The molecule has 0 saturated carbocycles.